The zero-order chi connectivity index (χ0) is 15.0. The van der Waals surface area contributed by atoms with Gasteiger partial charge in [-0.05, 0) is 44.9 Å². The Labute approximate surface area is 136 Å². The molecule has 1 fully saturated rings. The van der Waals surface area contributed by atoms with Crippen molar-refractivity contribution in [1.82, 2.24) is 10.3 Å². The van der Waals surface area contributed by atoms with Crippen molar-refractivity contribution < 1.29 is 9.59 Å². The first-order valence-electron chi connectivity index (χ1n) is 7.36. The van der Waals surface area contributed by atoms with Gasteiger partial charge in [-0.3, -0.25) is 14.5 Å². The predicted molar refractivity (Wildman–Crippen MR) is 87.4 cm³/mol. The van der Waals surface area contributed by atoms with E-state index in [4.69, 9.17) is 0 Å². The van der Waals surface area contributed by atoms with E-state index in [1.165, 1.54) is 0 Å². The van der Waals surface area contributed by atoms with Gasteiger partial charge < -0.3 is 10.6 Å². The van der Waals surface area contributed by atoms with Crippen molar-refractivity contribution in [2.24, 2.45) is 5.92 Å². The van der Waals surface area contributed by atoms with Crippen molar-refractivity contribution in [3.05, 3.63) is 17.8 Å². The van der Waals surface area contributed by atoms with E-state index in [1.54, 1.807) is 11.1 Å². The highest BCUT2D eigenvalue weighted by Gasteiger charge is 2.34. The molecule has 120 valence electrons. The lowest BCUT2D eigenvalue weighted by Gasteiger charge is -2.34. The molecule has 2 aliphatic heterocycles. The molecule has 0 spiro atoms. The molecule has 22 heavy (non-hydrogen) atoms. The largest absolute Gasteiger partial charge is 0.321 e. The normalized spacial score (nSPS) is 24.1. The van der Waals surface area contributed by atoms with Gasteiger partial charge in [-0.1, -0.05) is 0 Å². The fraction of sp³-hybridized carbons (Fsp3) is 0.533. The standard InChI is InChI=1S/C15H20N4O2.ClH/c1-9-3-5-17-14-13(9)18-12(20)8-19(14)15(21)11-4-6-16-10(2)7-11;/h3,5,10-11,16H,4,6-8H2,1-2H3,(H,18,20);1H/t10-,11-;/m0./s1. The summed E-state index contributed by atoms with van der Waals surface area (Å²) in [4.78, 5) is 30.5. The maximum Gasteiger partial charge on any atom is 0.244 e. The summed E-state index contributed by atoms with van der Waals surface area (Å²) < 4.78 is 0. The Bertz CT molecular complexity index is 593. The number of hydrogen-bond acceptors (Lipinski definition) is 4. The van der Waals surface area contributed by atoms with Crippen LogP contribution in [0.2, 0.25) is 0 Å². The van der Waals surface area contributed by atoms with Gasteiger partial charge in [0.15, 0.2) is 5.82 Å². The van der Waals surface area contributed by atoms with E-state index in [0.717, 1.165) is 24.9 Å². The van der Waals surface area contributed by atoms with Gasteiger partial charge in [-0.2, -0.15) is 0 Å². The first kappa shape index (κ1) is 16.7. The first-order valence-corrected chi connectivity index (χ1v) is 7.36. The fourth-order valence-electron chi connectivity index (χ4n) is 3.06. The van der Waals surface area contributed by atoms with Crippen molar-refractivity contribution in [1.29, 1.82) is 0 Å². The van der Waals surface area contributed by atoms with Crippen LogP contribution in [-0.4, -0.2) is 35.9 Å². The summed E-state index contributed by atoms with van der Waals surface area (Å²) in [6.45, 7) is 4.88. The summed E-state index contributed by atoms with van der Waals surface area (Å²) in [5, 5.41) is 6.16. The number of carbonyl (C=O) groups excluding carboxylic acids is 2. The van der Waals surface area contributed by atoms with E-state index in [0.29, 0.717) is 17.5 Å². The Morgan fingerprint density at radius 3 is 2.95 bits per heavy atom. The van der Waals surface area contributed by atoms with Crippen molar-refractivity contribution in [3.63, 3.8) is 0 Å². The van der Waals surface area contributed by atoms with Crippen molar-refractivity contribution >= 4 is 35.7 Å². The Hall–Kier alpha value is -1.66. The van der Waals surface area contributed by atoms with E-state index in [1.807, 2.05) is 13.0 Å². The number of piperidine rings is 1. The molecule has 3 rings (SSSR count). The maximum atomic E-state index is 12.8. The Morgan fingerprint density at radius 1 is 1.45 bits per heavy atom. The summed E-state index contributed by atoms with van der Waals surface area (Å²) in [6, 6.07) is 2.16. The highest BCUT2D eigenvalue weighted by atomic mass is 35.5. The minimum absolute atomic E-state index is 0. The zero-order valence-electron chi connectivity index (χ0n) is 12.8. The topological polar surface area (TPSA) is 74.3 Å². The minimum Gasteiger partial charge on any atom is -0.321 e. The van der Waals surface area contributed by atoms with Gasteiger partial charge in [0.05, 0.1) is 5.69 Å². The number of fused-ring (bicyclic) bond motifs is 1. The van der Waals surface area contributed by atoms with Crippen molar-refractivity contribution in [3.8, 4) is 0 Å². The van der Waals surface area contributed by atoms with Gasteiger partial charge in [-0.15, -0.1) is 12.4 Å². The molecule has 1 saturated heterocycles. The first-order chi connectivity index (χ1) is 10.1. The molecule has 0 aromatic carbocycles. The third-order valence-electron chi connectivity index (χ3n) is 4.20. The number of aromatic nitrogens is 1. The van der Waals surface area contributed by atoms with Crippen LogP contribution in [0.1, 0.15) is 25.3 Å². The van der Waals surface area contributed by atoms with Gasteiger partial charge in [0, 0.05) is 18.2 Å². The molecule has 6 nitrogen and oxygen atoms in total. The average Bonchev–Trinajstić information content (AvgIpc) is 2.47. The average molecular weight is 325 g/mol. The third kappa shape index (κ3) is 3.08. The fourth-order valence-corrected chi connectivity index (χ4v) is 3.06. The van der Waals surface area contributed by atoms with Crippen LogP contribution < -0.4 is 15.5 Å². The molecule has 2 atom stereocenters. The van der Waals surface area contributed by atoms with Crippen LogP contribution in [0.3, 0.4) is 0 Å². The summed E-state index contributed by atoms with van der Waals surface area (Å²) in [7, 11) is 0. The highest BCUT2D eigenvalue weighted by Crippen LogP contribution is 2.32. The number of hydrogen-bond donors (Lipinski definition) is 2. The number of nitrogens with one attached hydrogen (secondary N) is 2. The summed E-state index contributed by atoms with van der Waals surface area (Å²) in [6.07, 6.45) is 3.29. The number of pyridine rings is 1. The Balaban J connectivity index is 0.00000176. The lowest BCUT2D eigenvalue weighted by molar-refractivity contribution is -0.125. The summed E-state index contributed by atoms with van der Waals surface area (Å²) >= 11 is 0. The Morgan fingerprint density at radius 2 is 2.23 bits per heavy atom. The zero-order valence-corrected chi connectivity index (χ0v) is 13.6. The molecule has 0 saturated carbocycles. The SMILES string of the molecule is Cc1ccnc2c1NC(=O)CN2C(=O)[C@H]1CCN[C@@H](C)C1.Cl. The molecular formula is C15H21ClN4O2. The molecule has 2 amide bonds. The molecule has 0 unspecified atom stereocenters. The molecule has 2 N–H and O–H groups in total. The van der Waals surface area contributed by atoms with Crippen LogP contribution in [0.4, 0.5) is 11.5 Å². The number of amides is 2. The van der Waals surface area contributed by atoms with Gasteiger partial charge in [-0.25, -0.2) is 4.98 Å². The second-order valence-corrected chi connectivity index (χ2v) is 5.88. The van der Waals surface area contributed by atoms with Gasteiger partial charge >= 0.3 is 0 Å². The van der Waals surface area contributed by atoms with Crippen LogP contribution in [0.15, 0.2) is 12.3 Å². The van der Waals surface area contributed by atoms with E-state index in [-0.39, 0.29) is 36.7 Å². The van der Waals surface area contributed by atoms with E-state index in [9.17, 15) is 9.59 Å². The van der Waals surface area contributed by atoms with E-state index in [2.05, 4.69) is 22.5 Å². The van der Waals surface area contributed by atoms with Crippen LogP contribution in [0, 0.1) is 12.8 Å². The van der Waals surface area contributed by atoms with E-state index >= 15 is 0 Å². The lowest BCUT2D eigenvalue weighted by atomic mass is 9.91. The number of anilines is 2. The van der Waals surface area contributed by atoms with Gasteiger partial charge in [0.25, 0.3) is 0 Å². The smallest absolute Gasteiger partial charge is 0.244 e. The molecule has 0 bridgehead atoms. The molecule has 0 radical (unpaired) electrons. The van der Waals surface area contributed by atoms with Crippen LogP contribution in [0.5, 0.6) is 0 Å². The molecule has 7 heteroatoms. The van der Waals surface area contributed by atoms with Crippen LogP contribution in [-0.2, 0) is 9.59 Å². The molecule has 3 heterocycles. The Kier molecular flexibility index (Phi) is 5.03. The molecule has 1 aromatic heterocycles. The molecule has 0 aliphatic carbocycles. The molecule has 1 aromatic rings. The van der Waals surface area contributed by atoms with Crippen molar-refractivity contribution in [2.75, 3.05) is 23.3 Å². The highest BCUT2D eigenvalue weighted by molar-refractivity contribution is 6.10. The molecule has 2 aliphatic rings. The van der Waals surface area contributed by atoms with Crippen molar-refractivity contribution in [2.45, 2.75) is 32.7 Å². The van der Waals surface area contributed by atoms with E-state index < -0.39 is 0 Å². The number of aryl methyl sites for hydroxylation is 1. The van der Waals surface area contributed by atoms with Gasteiger partial charge in [0.1, 0.15) is 6.54 Å². The quantitative estimate of drug-likeness (QED) is 0.820. The lowest BCUT2D eigenvalue weighted by Crippen LogP contribution is -2.49. The predicted octanol–water partition coefficient (Wildman–Crippen LogP) is 1.49. The minimum atomic E-state index is -0.158. The number of halogens is 1. The second-order valence-electron chi connectivity index (χ2n) is 5.88. The third-order valence-corrected chi connectivity index (χ3v) is 4.20. The second kappa shape index (κ2) is 6.62. The number of carbonyl (C=O) groups is 2. The monoisotopic (exact) mass is 324 g/mol. The summed E-state index contributed by atoms with van der Waals surface area (Å²) in [5.41, 5.74) is 1.58. The molecular weight excluding hydrogens is 304 g/mol. The van der Waals surface area contributed by atoms with Crippen LogP contribution >= 0.6 is 12.4 Å². The summed E-state index contributed by atoms with van der Waals surface area (Å²) in [5.74, 6) is 0.389. The van der Waals surface area contributed by atoms with Crippen LogP contribution in [0.25, 0.3) is 0 Å². The van der Waals surface area contributed by atoms with Gasteiger partial charge in [0.2, 0.25) is 11.8 Å². The number of nitrogens with zero attached hydrogens (tertiary/aromatic N) is 2. The number of rotatable bonds is 1. The maximum absolute atomic E-state index is 12.8.